The third-order valence-corrected chi connectivity index (χ3v) is 3.15. The number of hydrogen-bond acceptors (Lipinski definition) is 1. The summed E-state index contributed by atoms with van der Waals surface area (Å²) in [5.74, 6) is 0.399. The topological polar surface area (TPSA) is 12.0 Å². The smallest absolute Gasteiger partial charge is 0.123 e. The van der Waals surface area contributed by atoms with Crippen molar-refractivity contribution in [1.82, 2.24) is 5.32 Å². The molecule has 1 rings (SSSR count). The predicted octanol–water partition coefficient (Wildman–Crippen LogP) is 3.69. The maximum atomic E-state index is 12.8. The van der Waals surface area contributed by atoms with Crippen molar-refractivity contribution in [2.24, 2.45) is 5.92 Å². The van der Waals surface area contributed by atoms with E-state index < -0.39 is 0 Å². The molecule has 1 nitrogen and oxygen atoms in total. The summed E-state index contributed by atoms with van der Waals surface area (Å²) in [7, 11) is 0. The largest absolute Gasteiger partial charge is 0.305 e. The van der Waals surface area contributed by atoms with Crippen LogP contribution < -0.4 is 5.32 Å². The SMILES string of the molecule is CC(C)C(C)NC(C)(C)c1ccc(F)cc1. The molecule has 0 radical (unpaired) electrons. The van der Waals surface area contributed by atoms with Crippen molar-refractivity contribution >= 4 is 0 Å². The van der Waals surface area contributed by atoms with E-state index in [1.807, 2.05) is 12.1 Å². The minimum atomic E-state index is -0.184. The van der Waals surface area contributed by atoms with Crippen LogP contribution in [-0.2, 0) is 5.54 Å². The number of hydrogen-bond donors (Lipinski definition) is 1. The van der Waals surface area contributed by atoms with Crippen LogP contribution in [0.25, 0.3) is 0 Å². The fourth-order valence-electron chi connectivity index (χ4n) is 1.69. The Bertz CT molecular complexity index is 327. The van der Waals surface area contributed by atoms with Gasteiger partial charge in [0.2, 0.25) is 0 Å². The number of nitrogens with one attached hydrogen (secondary N) is 1. The van der Waals surface area contributed by atoms with Gasteiger partial charge in [0.15, 0.2) is 0 Å². The third-order valence-electron chi connectivity index (χ3n) is 3.15. The summed E-state index contributed by atoms with van der Waals surface area (Å²) in [4.78, 5) is 0. The first-order valence-corrected chi connectivity index (χ1v) is 5.86. The zero-order valence-corrected chi connectivity index (χ0v) is 10.8. The number of halogens is 1. The van der Waals surface area contributed by atoms with Crippen molar-refractivity contribution < 1.29 is 4.39 Å². The number of rotatable bonds is 4. The van der Waals surface area contributed by atoms with Gasteiger partial charge in [-0.25, -0.2) is 4.39 Å². The second-order valence-corrected chi connectivity index (χ2v) is 5.31. The summed E-state index contributed by atoms with van der Waals surface area (Å²) in [5.41, 5.74) is 0.985. The maximum absolute atomic E-state index is 12.8. The van der Waals surface area contributed by atoms with Crippen molar-refractivity contribution in [1.29, 1.82) is 0 Å². The number of benzene rings is 1. The highest BCUT2D eigenvalue weighted by atomic mass is 19.1. The second-order valence-electron chi connectivity index (χ2n) is 5.31. The van der Waals surface area contributed by atoms with Crippen LogP contribution in [0.1, 0.15) is 40.2 Å². The fourth-order valence-corrected chi connectivity index (χ4v) is 1.69. The average Bonchev–Trinajstić information content (AvgIpc) is 2.17. The molecule has 0 fully saturated rings. The van der Waals surface area contributed by atoms with Gasteiger partial charge in [0.25, 0.3) is 0 Å². The van der Waals surface area contributed by atoms with Gasteiger partial charge in [-0.15, -0.1) is 0 Å². The van der Waals surface area contributed by atoms with Crippen molar-refractivity contribution in [3.63, 3.8) is 0 Å². The lowest BCUT2D eigenvalue weighted by Crippen LogP contribution is -2.44. The van der Waals surface area contributed by atoms with Gasteiger partial charge in [0, 0.05) is 11.6 Å². The molecular weight excluding hydrogens is 201 g/mol. The molecule has 0 saturated heterocycles. The van der Waals surface area contributed by atoms with Crippen molar-refractivity contribution in [2.75, 3.05) is 0 Å². The van der Waals surface area contributed by atoms with Crippen LogP contribution in [0.5, 0.6) is 0 Å². The van der Waals surface area contributed by atoms with Gasteiger partial charge in [-0.1, -0.05) is 26.0 Å². The summed E-state index contributed by atoms with van der Waals surface area (Å²) < 4.78 is 12.8. The highest BCUT2D eigenvalue weighted by Gasteiger charge is 2.23. The van der Waals surface area contributed by atoms with Gasteiger partial charge >= 0.3 is 0 Å². The quantitative estimate of drug-likeness (QED) is 0.820. The molecule has 0 spiro atoms. The van der Waals surface area contributed by atoms with E-state index in [4.69, 9.17) is 0 Å². The Labute approximate surface area is 98.1 Å². The average molecular weight is 223 g/mol. The Morgan fingerprint density at radius 1 is 1.06 bits per heavy atom. The van der Waals surface area contributed by atoms with Gasteiger partial charge < -0.3 is 5.32 Å². The van der Waals surface area contributed by atoms with E-state index in [1.54, 1.807) is 0 Å². The van der Waals surface area contributed by atoms with Crippen LogP contribution in [0.3, 0.4) is 0 Å². The van der Waals surface area contributed by atoms with E-state index in [-0.39, 0.29) is 11.4 Å². The van der Waals surface area contributed by atoms with E-state index in [1.165, 1.54) is 12.1 Å². The van der Waals surface area contributed by atoms with Gasteiger partial charge in [-0.3, -0.25) is 0 Å². The summed E-state index contributed by atoms with van der Waals surface area (Å²) in [6.45, 7) is 10.8. The summed E-state index contributed by atoms with van der Waals surface area (Å²) in [6.07, 6.45) is 0. The summed E-state index contributed by atoms with van der Waals surface area (Å²) >= 11 is 0. The zero-order chi connectivity index (χ0) is 12.3. The third kappa shape index (κ3) is 3.31. The van der Waals surface area contributed by atoms with Crippen molar-refractivity contribution in [2.45, 2.75) is 46.2 Å². The van der Waals surface area contributed by atoms with E-state index in [2.05, 4.69) is 39.9 Å². The Hall–Kier alpha value is -0.890. The lowest BCUT2D eigenvalue weighted by molar-refractivity contribution is 0.304. The van der Waals surface area contributed by atoms with Crippen LogP contribution in [0.2, 0.25) is 0 Å². The van der Waals surface area contributed by atoms with E-state index in [0.717, 1.165) is 5.56 Å². The van der Waals surface area contributed by atoms with Crippen molar-refractivity contribution in [3.8, 4) is 0 Å². The predicted molar refractivity (Wildman–Crippen MR) is 66.9 cm³/mol. The molecule has 2 heteroatoms. The molecule has 1 atom stereocenters. The van der Waals surface area contributed by atoms with E-state index in [9.17, 15) is 4.39 Å². The lowest BCUT2D eigenvalue weighted by Gasteiger charge is -2.32. The first-order chi connectivity index (χ1) is 7.33. The highest BCUT2D eigenvalue weighted by molar-refractivity contribution is 5.23. The Kier molecular flexibility index (Phi) is 4.09. The molecule has 0 aliphatic rings. The molecule has 0 aromatic heterocycles. The molecule has 0 amide bonds. The van der Waals surface area contributed by atoms with Crippen LogP contribution in [0.4, 0.5) is 4.39 Å². The van der Waals surface area contributed by atoms with Crippen LogP contribution >= 0.6 is 0 Å². The first-order valence-electron chi connectivity index (χ1n) is 5.86. The van der Waals surface area contributed by atoms with Gasteiger partial charge in [-0.05, 0) is 44.4 Å². The summed E-state index contributed by atoms with van der Waals surface area (Å²) in [6, 6.07) is 7.14. The monoisotopic (exact) mass is 223 g/mol. The molecule has 1 N–H and O–H groups in total. The Balaban J connectivity index is 2.80. The van der Waals surface area contributed by atoms with E-state index in [0.29, 0.717) is 12.0 Å². The zero-order valence-electron chi connectivity index (χ0n) is 10.8. The van der Waals surface area contributed by atoms with Gasteiger partial charge in [-0.2, -0.15) is 0 Å². The van der Waals surface area contributed by atoms with Crippen LogP contribution in [0, 0.1) is 11.7 Å². The maximum Gasteiger partial charge on any atom is 0.123 e. The Morgan fingerprint density at radius 3 is 2.00 bits per heavy atom. The molecule has 90 valence electrons. The molecule has 0 aliphatic carbocycles. The van der Waals surface area contributed by atoms with Gasteiger partial charge in [0.1, 0.15) is 5.82 Å². The molecule has 1 unspecified atom stereocenters. The molecule has 1 aromatic carbocycles. The standard InChI is InChI=1S/C14H22FN/c1-10(2)11(3)16-14(4,5)12-6-8-13(15)9-7-12/h6-11,16H,1-5H3. The minimum Gasteiger partial charge on any atom is -0.305 e. The van der Waals surface area contributed by atoms with Crippen LogP contribution in [-0.4, -0.2) is 6.04 Å². The molecule has 0 saturated carbocycles. The molecule has 0 heterocycles. The van der Waals surface area contributed by atoms with E-state index >= 15 is 0 Å². The molecular formula is C14H22FN. The van der Waals surface area contributed by atoms with Gasteiger partial charge in [0.05, 0.1) is 0 Å². The lowest BCUT2D eigenvalue weighted by atomic mass is 9.91. The normalized spacial score (nSPS) is 14.2. The summed E-state index contributed by atoms with van der Waals surface area (Å²) in [5, 5.41) is 3.57. The molecule has 0 aliphatic heterocycles. The second kappa shape index (κ2) is 4.96. The molecule has 1 aromatic rings. The minimum absolute atomic E-state index is 0.128. The fraction of sp³-hybridized carbons (Fsp3) is 0.571. The molecule has 0 bridgehead atoms. The highest BCUT2D eigenvalue weighted by Crippen LogP contribution is 2.22. The molecule has 16 heavy (non-hydrogen) atoms. The van der Waals surface area contributed by atoms with Crippen LogP contribution in [0.15, 0.2) is 24.3 Å². The van der Waals surface area contributed by atoms with Crippen molar-refractivity contribution in [3.05, 3.63) is 35.6 Å². The first kappa shape index (κ1) is 13.2. The Morgan fingerprint density at radius 2 is 1.56 bits per heavy atom.